The number of anilines is 1. The number of benzene rings is 1. The van der Waals surface area contributed by atoms with Crippen LogP contribution in [0.2, 0.25) is 0 Å². The van der Waals surface area contributed by atoms with Gasteiger partial charge in [-0.2, -0.15) is 10.5 Å². The lowest BCUT2D eigenvalue weighted by molar-refractivity contribution is 0.574. The van der Waals surface area contributed by atoms with E-state index in [2.05, 4.69) is 57.8 Å². The molecule has 0 atom stereocenters. The first-order chi connectivity index (χ1) is 11.0. The van der Waals surface area contributed by atoms with Gasteiger partial charge in [-0.05, 0) is 29.5 Å². The van der Waals surface area contributed by atoms with Gasteiger partial charge >= 0.3 is 0 Å². The SMILES string of the molecule is CC(C)(C)c1cc2cc(NC=C(C#N)c3nn[nH]n3)ccc2[nH]1. The third kappa shape index (κ3) is 3.06. The number of rotatable bonds is 3. The molecule has 0 amide bonds. The number of allylic oxidation sites excluding steroid dienone is 1. The van der Waals surface area contributed by atoms with E-state index >= 15 is 0 Å². The summed E-state index contributed by atoms with van der Waals surface area (Å²) in [6.45, 7) is 6.51. The molecule has 3 N–H and O–H groups in total. The lowest BCUT2D eigenvalue weighted by Gasteiger charge is -2.15. The van der Waals surface area contributed by atoms with E-state index in [0.717, 1.165) is 16.6 Å². The normalized spacial score (nSPS) is 12.3. The molecule has 1 aromatic carbocycles. The predicted molar refractivity (Wildman–Crippen MR) is 88.4 cm³/mol. The van der Waals surface area contributed by atoms with E-state index in [4.69, 9.17) is 5.26 Å². The number of hydrogen-bond donors (Lipinski definition) is 3. The molecule has 3 aromatic rings. The number of aromatic amines is 2. The molecular weight excluding hydrogens is 290 g/mol. The summed E-state index contributed by atoms with van der Waals surface area (Å²) in [6, 6.07) is 10.2. The number of nitriles is 1. The molecule has 116 valence electrons. The highest BCUT2D eigenvalue weighted by Crippen LogP contribution is 2.27. The maximum Gasteiger partial charge on any atom is 0.216 e. The second kappa shape index (κ2) is 5.57. The number of nitrogens with one attached hydrogen (secondary N) is 3. The van der Waals surface area contributed by atoms with Crippen LogP contribution in [-0.2, 0) is 5.41 Å². The van der Waals surface area contributed by atoms with Gasteiger partial charge in [-0.25, -0.2) is 0 Å². The highest BCUT2D eigenvalue weighted by molar-refractivity contribution is 5.85. The number of hydrogen-bond acceptors (Lipinski definition) is 5. The van der Waals surface area contributed by atoms with Gasteiger partial charge in [-0.3, -0.25) is 0 Å². The standard InChI is InChI=1S/C16H17N7/c1-16(2,3)14-7-10-6-12(4-5-13(10)19-14)18-9-11(8-17)15-20-22-23-21-15/h4-7,9,18-19H,1-3H3,(H,20,21,22,23). The van der Waals surface area contributed by atoms with Crippen molar-refractivity contribution < 1.29 is 0 Å². The summed E-state index contributed by atoms with van der Waals surface area (Å²) in [5, 5.41) is 26.8. The van der Waals surface area contributed by atoms with Crippen LogP contribution in [0.5, 0.6) is 0 Å². The van der Waals surface area contributed by atoms with Crippen molar-refractivity contribution in [1.82, 2.24) is 25.6 Å². The zero-order chi connectivity index (χ0) is 16.4. The van der Waals surface area contributed by atoms with Crippen LogP contribution in [0.15, 0.2) is 30.5 Å². The van der Waals surface area contributed by atoms with Gasteiger partial charge in [-0.1, -0.05) is 20.8 Å². The van der Waals surface area contributed by atoms with Crippen LogP contribution < -0.4 is 5.32 Å². The van der Waals surface area contributed by atoms with Crippen molar-refractivity contribution in [2.24, 2.45) is 0 Å². The molecule has 23 heavy (non-hydrogen) atoms. The van der Waals surface area contributed by atoms with Crippen molar-refractivity contribution in [3.05, 3.63) is 42.0 Å². The van der Waals surface area contributed by atoms with Crippen LogP contribution in [0, 0.1) is 11.3 Å². The summed E-state index contributed by atoms with van der Waals surface area (Å²) in [6.07, 6.45) is 1.57. The Kier molecular flexibility index (Phi) is 3.58. The first-order valence-corrected chi connectivity index (χ1v) is 7.21. The molecule has 0 radical (unpaired) electrons. The summed E-state index contributed by atoms with van der Waals surface area (Å²) >= 11 is 0. The Balaban J connectivity index is 1.88. The van der Waals surface area contributed by atoms with E-state index in [1.165, 1.54) is 5.69 Å². The highest BCUT2D eigenvalue weighted by atomic mass is 15.5. The highest BCUT2D eigenvalue weighted by Gasteiger charge is 2.16. The quantitative estimate of drug-likeness (QED) is 0.645. The zero-order valence-electron chi connectivity index (χ0n) is 13.2. The molecule has 2 heterocycles. The largest absolute Gasteiger partial charge is 0.360 e. The molecular formula is C16H17N7. The minimum atomic E-state index is 0.0686. The second-order valence-electron chi connectivity index (χ2n) is 6.28. The van der Waals surface area contributed by atoms with Crippen molar-refractivity contribution in [2.45, 2.75) is 26.2 Å². The molecule has 0 aliphatic rings. The number of tetrazole rings is 1. The maximum absolute atomic E-state index is 9.16. The van der Waals surface area contributed by atoms with E-state index < -0.39 is 0 Å². The van der Waals surface area contributed by atoms with Crippen LogP contribution in [0.25, 0.3) is 16.5 Å². The van der Waals surface area contributed by atoms with E-state index in [9.17, 15) is 0 Å². The maximum atomic E-state index is 9.16. The monoisotopic (exact) mass is 307 g/mol. The average Bonchev–Trinajstić information content (AvgIpc) is 3.16. The first-order valence-electron chi connectivity index (χ1n) is 7.21. The number of aromatic nitrogens is 5. The molecule has 7 heteroatoms. The molecule has 0 bridgehead atoms. The predicted octanol–water partition coefficient (Wildman–Crippen LogP) is 2.96. The molecule has 7 nitrogen and oxygen atoms in total. The number of fused-ring (bicyclic) bond motifs is 1. The molecule has 3 rings (SSSR count). The van der Waals surface area contributed by atoms with Gasteiger partial charge < -0.3 is 10.3 Å². The van der Waals surface area contributed by atoms with Crippen LogP contribution in [0.4, 0.5) is 5.69 Å². The van der Waals surface area contributed by atoms with Gasteiger partial charge in [0, 0.05) is 33.9 Å². The number of H-pyrrole nitrogens is 2. The van der Waals surface area contributed by atoms with Crippen molar-refractivity contribution in [3.63, 3.8) is 0 Å². The third-order valence-corrected chi connectivity index (χ3v) is 3.52. The Bertz CT molecular complexity index is 889. The van der Waals surface area contributed by atoms with Crippen molar-refractivity contribution in [3.8, 4) is 6.07 Å². The van der Waals surface area contributed by atoms with Crippen molar-refractivity contribution in [2.75, 3.05) is 5.32 Å². The fraction of sp³-hybridized carbons (Fsp3) is 0.250. The van der Waals surface area contributed by atoms with Crippen LogP contribution in [0.1, 0.15) is 32.3 Å². The van der Waals surface area contributed by atoms with E-state index in [0.29, 0.717) is 5.57 Å². The van der Waals surface area contributed by atoms with Crippen molar-refractivity contribution in [1.29, 1.82) is 5.26 Å². The zero-order valence-corrected chi connectivity index (χ0v) is 13.2. The van der Waals surface area contributed by atoms with Gasteiger partial charge in [0.05, 0.1) is 0 Å². The van der Waals surface area contributed by atoms with Gasteiger partial charge in [0.15, 0.2) is 0 Å². The Morgan fingerprint density at radius 1 is 1.30 bits per heavy atom. The second-order valence-corrected chi connectivity index (χ2v) is 6.28. The van der Waals surface area contributed by atoms with E-state index in [1.54, 1.807) is 6.20 Å². The minimum Gasteiger partial charge on any atom is -0.360 e. The molecule has 2 aromatic heterocycles. The molecule has 0 aliphatic heterocycles. The van der Waals surface area contributed by atoms with E-state index in [-0.39, 0.29) is 11.2 Å². The summed E-state index contributed by atoms with van der Waals surface area (Å²) in [7, 11) is 0. The van der Waals surface area contributed by atoms with Crippen LogP contribution in [0.3, 0.4) is 0 Å². The van der Waals surface area contributed by atoms with Crippen LogP contribution >= 0.6 is 0 Å². The summed E-state index contributed by atoms with van der Waals surface area (Å²) in [5.74, 6) is 0.262. The fourth-order valence-corrected chi connectivity index (χ4v) is 2.20. The Morgan fingerprint density at radius 2 is 2.13 bits per heavy atom. The Hall–Kier alpha value is -3.14. The van der Waals surface area contributed by atoms with Gasteiger partial charge in [-0.15, -0.1) is 10.2 Å². The minimum absolute atomic E-state index is 0.0686. The smallest absolute Gasteiger partial charge is 0.216 e. The van der Waals surface area contributed by atoms with Gasteiger partial charge in [0.25, 0.3) is 0 Å². The summed E-state index contributed by atoms with van der Waals surface area (Å²) in [4.78, 5) is 3.43. The van der Waals surface area contributed by atoms with Crippen molar-refractivity contribution >= 4 is 22.2 Å². The lowest BCUT2D eigenvalue weighted by Crippen LogP contribution is -2.10. The average molecular weight is 307 g/mol. The summed E-state index contributed by atoms with van der Waals surface area (Å²) < 4.78 is 0. The number of nitrogens with zero attached hydrogens (tertiary/aromatic N) is 4. The molecule has 0 unspecified atom stereocenters. The molecule has 0 fully saturated rings. The molecule has 0 spiro atoms. The third-order valence-electron chi connectivity index (χ3n) is 3.52. The molecule has 0 aliphatic carbocycles. The molecule has 0 saturated heterocycles. The summed E-state index contributed by atoms with van der Waals surface area (Å²) in [5.41, 5.74) is 3.53. The van der Waals surface area contributed by atoms with Gasteiger partial charge in [0.1, 0.15) is 11.6 Å². The Labute approximate surface area is 133 Å². The first kappa shape index (κ1) is 14.8. The van der Waals surface area contributed by atoms with Crippen LogP contribution in [-0.4, -0.2) is 25.6 Å². The lowest BCUT2D eigenvalue weighted by atomic mass is 9.92. The molecule has 0 saturated carbocycles. The van der Waals surface area contributed by atoms with E-state index in [1.807, 2.05) is 24.3 Å². The fourth-order valence-electron chi connectivity index (χ4n) is 2.20. The van der Waals surface area contributed by atoms with Gasteiger partial charge in [0.2, 0.25) is 5.82 Å². The Morgan fingerprint density at radius 3 is 2.78 bits per heavy atom. The topological polar surface area (TPSA) is 106 Å².